The summed E-state index contributed by atoms with van der Waals surface area (Å²) in [5, 5.41) is 0. The summed E-state index contributed by atoms with van der Waals surface area (Å²) in [6.45, 7) is 0.901. The second-order valence-corrected chi connectivity index (χ2v) is 7.57. The van der Waals surface area contributed by atoms with E-state index in [1.54, 1.807) is 31.4 Å². The van der Waals surface area contributed by atoms with Gasteiger partial charge in [-0.1, -0.05) is 31.4 Å². The summed E-state index contributed by atoms with van der Waals surface area (Å²) in [6.07, 6.45) is 3.66. The average molecular weight is 386 g/mol. The van der Waals surface area contributed by atoms with Gasteiger partial charge in [0.2, 0.25) is 0 Å². The van der Waals surface area contributed by atoms with Gasteiger partial charge in [0.25, 0.3) is 0 Å². The van der Waals surface area contributed by atoms with Crippen LogP contribution in [0, 0.1) is 0 Å². The van der Waals surface area contributed by atoms with Crippen LogP contribution in [0.15, 0.2) is 24.3 Å². The Morgan fingerprint density at radius 2 is 1.81 bits per heavy atom. The van der Waals surface area contributed by atoms with Crippen LogP contribution in [0.4, 0.5) is 4.79 Å². The summed E-state index contributed by atoms with van der Waals surface area (Å²) in [7, 11) is -2.31. The Balaban J connectivity index is 1.73. The minimum absolute atomic E-state index is 0.0386. The van der Waals surface area contributed by atoms with E-state index < -0.39 is 16.3 Å². The van der Waals surface area contributed by atoms with Gasteiger partial charge in [0.05, 0.1) is 6.61 Å². The number of carbonyl (C=O) groups is 1. The van der Waals surface area contributed by atoms with Crippen molar-refractivity contribution < 1.29 is 27.4 Å². The number of ether oxygens (including phenoxy) is 3. The van der Waals surface area contributed by atoms with E-state index in [-0.39, 0.29) is 12.6 Å². The molecule has 0 radical (unpaired) electrons. The van der Waals surface area contributed by atoms with Gasteiger partial charge in [0.15, 0.2) is 0 Å². The Morgan fingerprint density at radius 1 is 1.12 bits per heavy atom. The molecule has 0 unspecified atom stereocenters. The molecule has 1 aromatic rings. The quantitative estimate of drug-likeness (QED) is 0.630. The molecule has 1 aliphatic carbocycles. The van der Waals surface area contributed by atoms with Crippen molar-refractivity contribution in [2.75, 3.05) is 20.3 Å². The lowest BCUT2D eigenvalue weighted by atomic mass is 9.96. The molecule has 146 valence electrons. The van der Waals surface area contributed by atoms with Gasteiger partial charge in [-0.05, 0) is 30.5 Å². The van der Waals surface area contributed by atoms with E-state index in [0.717, 1.165) is 37.7 Å². The molecule has 1 aliphatic rings. The smallest absolute Gasteiger partial charge is 0.422 e. The maximum Gasteiger partial charge on any atom is 0.422 e. The van der Waals surface area contributed by atoms with Crippen LogP contribution in [-0.2, 0) is 26.3 Å². The van der Waals surface area contributed by atoms with Crippen molar-refractivity contribution >= 4 is 16.3 Å². The maximum absolute atomic E-state index is 11.9. The van der Waals surface area contributed by atoms with Crippen LogP contribution in [0.2, 0.25) is 0 Å². The van der Waals surface area contributed by atoms with E-state index in [2.05, 4.69) is 4.72 Å². The largest absolute Gasteiger partial charge is 0.491 e. The van der Waals surface area contributed by atoms with Gasteiger partial charge < -0.3 is 14.2 Å². The fourth-order valence-electron chi connectivity index (χ4n) is 2.68. The molecule has 1 amide bonds. The van der Waals surface area contributed by atoms with E-state index in [1.165, 1.54) is 0 Å². The Labute approximate surface area is 154 Å². The van der Waals surface area contributed by atoms with Crippen LogP contribution < -0.4 is 14.2 Å². The maximum atomic E-state index is 11.9. The molecule has 0 saturated heterocycles. The van der Waals surface area contributed by atoms with Crippen LogP contribution in [-0.4, -0.2) is 40.9 Å². The third-order valence-corrected chi connectivity index (χ3v) is 5.07. The van der Waals surface area contributed by atoms with Gasteiger partial charge in [-0.25, -0.2) is 9.52 Å². The van der Waals surface area contributed by atoms with Crippen molar-refractivity contribution in [1.82, 2.24) is 9.44 Å². The molecule has 0 heterocycles. The standard InChI is InChI=1S/C17H26N2O6S/c1-23-11-12-24-16-9-7-14(8-10-16)13-25-17(20)19-26(21,22)18-15-5-3-2-4-6-15/h7-10,15,18H,2-6,11-13H2,1H3,(H,19,20). The molecule has 0 atom stereocenters. The molecule has 1 saturated carbocycles. The third-order valence-electron chi connectivity index (χ3n) is 3.99. The zero-order valence-electron chi connectivity index (χ0n) is 14.9. The lowest BCUT2D eigenvalue weighted by Crippen LogP contribution is -2.45. The molecule has 1 fully saturated rings. The summed E-state index contributed by atoms with van der Waals surface area (Å²) >= 11 is 0. The number of rotatable bonds is 9. The Bertz CT molecular complexity index is 656. The molecule has 2 rings (SSSR count). The van der Waals surface area contributed by atoms with Gasteiger partial charge in [0.1, 0.15) is 19.0 Å². The third kappa shape index (κ3) is 7.59. The molecule has 0 aliphatic heterocycles. The van der Waals surface area contributed by atoms with Crippen molar-refractivity contribution in [3.05, 3.63) is 29.8 Å². The first-order valence-electron chi connectivity index (χ1n) is 8.66. The minimum atomic E-state index is -3.91. The summed E-state index contributed by atoms with van der Waals surface area (Å²) in [5.74, 6) is 0.675. The van der Waals surface area contributed by atoms with Gasteiger partial charge in [-0.15, -0.1) is 0 Å². The Kier molecular flexibility index (Phi) is 8.14. The first-order chi connectivity index (χ1) is 12.5. The molecule has 1 aromatic carbocycles. The average Bonchev–Trinajstić information content (AvgIpc) is 2.61. The molecular formula is C17H26N2O6S. The predicted molar refractivity (Wildman–Crippen MR) is 96.1 cm³/mol. The zero-order chi connectivity index (χ0) is 18.8. The summed E-state index contributed by atoms with van der Waals surface area (Å²) < 4.78 is 43.5. The number of carbonyl (C=O) groups excluding carboxylic acids is 1. The number of methoxy groups -OCH3 is 1. The first-order valence-corrected chi connectivity index (χ1v) is 10.1. The van der Waals surface area contributed by atoms with Crippen LogP contribution in [0.3, 0.4) is 0 Å². The van der Waals surface area contributed by atoms with E-state index in [4.69, 9.17) is 14.2 Å². The molecule has 0 bridgehead atoms. The SMILES string of the molecule is COCCOc1ccc(COC(=O)NS(=O)(=O)NC2CCCCC2)cc1. The van der Waals surface area contributed by atoms with Crippen LogP contribution in [0.25, 0.3) is 0 Å². The van der Waals surface area contributed by atoms with Crippen molar-refractivity contribution in [3.8, 4) is 5.75 Å². The van der Waals surface area contributed by atoms with E-state index in [0.29, 0.717) is 19.0 Å². The van der Waals surface area contributed by atoms with E-state index in [1.807, 2.05) is 4.72 Å². The highest BCUT2D eigenvalue weighted by Crippen LogP contribution is 2.18. The zero-order valence-corrected chi connectivity index (χ0v) is 15.7. The van der Waals surface area contributed by atoms with Gasteiger partial charge >= 0.3 is 16.3 Å². The number of hydrogen-bond acceptors (Lipinski definition) is 6. The van der Waals surface area contributed by atoms with E-state index >= 15 is 0 Å². The highest BCUT2D eigenvalue weighted by molar-refractivity contribution is 7.88. The number of nitrogens with one attached hydrogen (secondary N) is 2. The summed E-state index contributed by atoms with van der Waals surface area (Å²) in [4.78, 5) is 11.7. The Hall–Kier alpha value is -1.84. The van der Waals surface area contributed by atoms with Crippen molar-refractivity contribution in [3.63, 3.8) is 0 Å². The van der Waals surface area contributed by atoms with Crippen LogP contribution in [0.1, 0.15) is 37.7 Å². The fraction of sp³-hybridized carbons (Fsp3) is 0.588. The van der Waals surface area contributed by atoms with Crippen LogP contribution in [0.5, 0.6) is 5.75 Å². The molecule has 2 N–H and O–H groups in total. The second kappa shape index (κ2) is 10.3. The van der Waals surface area contributed by atoms with E-state index in [9.17, 15) is 13.2 Å². The second-order valence-electron chi connectivity index (χ2n) is 6.12. The molecule has 0 spiro atoms. The topological polar surface area (TPSA) is 103 Å². The molecule has 8 nitrogen and oxygen atoms in total. The highest BCUT2D eigenvalue weighted by Gasteiger charge is 2.22. The predicted octanol–water partition coefficient (Wildman–Crippen LogP) is 2.11. The normalized spacial score (nSPS) is 15.4. The molecule has 9 heteroatoms. The minimum Gasteiger partial charge on any atom is -0.491 e. The molecule has 0 aromatic heterocycles. The van der Waals surface area contributed by atoms with Crippen LogP contribution >= 0.6 is 0 Å². The lowest BCUT2D eigenvalue weighted by molar-refractivity contribution is 0.144. The van der Waals surface area contributed by atoms with Gasteiger partial charge in [-0.2, -0.15) is 13.1 Å². The van der Waals surface area contributed by atoms with Gasteiger partial charge in [0, 0.05) is 13.2 Å². The molecular weight excluding hydrogens is 360 g/mol. The summed E-state index contributed by atoms with van der Waals surface area (Å²) in [6, 6.07) is 6.84. The summed E-state index contributed by atoms with van der Waals surface area (Å²) in [5.41, 5.74) is 0.719. The van der Waals surface area contributed by atoms with Crippen molar-refractivity contribution in [2.45, 2.75) is 44.8 Å². The van der Waals surface area contributed by atoms with Gasteiger partial charge in [-0.3, -0.25) is 0 Å². The van der Waals surface area contributed by atoms with Crippen molar-refractivity contribution in [1.29, 1.82) is 0 Å². The number of benzene rings is 1. The lowest BCUT2D eigenvalue weighted by Gasteiger charge is -2.22. The molecule has 26 heavy (non-hydrogen) atoms. The first kappa shape index (κ1) is 20.5. The fourth-order valence-corrected chi connectivity index (χ4v) is 3.69. The number of amides is 1. The number of hydrogen-bond donors (Lipinski definition) is 2. The highest BCUT2D eigenvalue weighted by atomic mass is 32.2. The monoisotopic (exact) mass is 386 g/mol. The Morgan fingerprint density at radius 3 is 2.46 bits per heavy atom. The van der Waals surface area contributed by atoms with Crippen molar-refractivity contribution in [2.24, 2.45) is 0 Å².